The molecule has 28 heavy (non-hydrogen) atoms. The van der Waals surface area contributed by atoms with Gasteiger partial charge in [-0.15, -0.1) is 0 Å². The highest BCUT2D eigenvalue weighted by molar-refractivity contribution is 5.66. The third kappa shape index (κ3) is 3.41. The molecule has 7 atom stereocenters. The van der Waals surface area contributed by atoms with E-state index in [9.17, 15) is 9.59 Å². The molecule has 4 nitrogen and oxygen atoms in total. The first-order valence-electron chi connectivity index (χ1n) is 11.2. The number of fused-ring (bicyclic) bond motifs is 5. The van der Waals surface area contributed by atoms with Gasteiger partial charge in [-0.05, 0) is 91.4 Å². The first-order valence-corrected chi connectivity index (χ1v) is 11.2. The lowest BCUT2D eigenvalue weighted by molar-refractivity contribution is -0.158. The minimum absolute atomic E-state index is 0.129. The van der Waals surface area contributed by atoms with E-state index < -0.39 is 0 Å². The van der Waals surface area contributed by atoms with Crippen molar-refractivity contribution in [1.82, 2.24) is 0 Å². The molecule has 0 amide bonds. The van der Waals surface area contributed by atoms with Crippen molar-refractivity contribution in [2.24, 2.45) is 34.5 Å². The molecule has 0 aromatic heterocycles. The van der Waals surface area contributed by atoms with Gasteiger partial charge >= 0.3 is 11.9 Å². The Kier molecular flexibility index (Phi) is 5.12. The van der Waals surface area contributed by atoms with Crippen LogP contribution in [-0.2, 0) is 19.1 Å². The number of esters is 2. The van der Waals surface area contributed by atoms with Crippen LogP contribution >= 0.6 is 0 Å². The van der Waals surface area contributed by atoms with Gasteiger partial charge in [-0.25, -0.2) is 0 Å². The first-order chi connectivity index (χ1) is 13.2. The Morgan fingerprint density at radius 1 is 1.04 bits per heavy atom. The predicted molar refractivity (Wildman–Crippen MR) is 107 cm³/mol. The van der Waals surface area contributed by atoms with Crippen LogP contribution in [0, 0.1) is 34.5 Å². The Bertz CT molecular complexity index is 682. The Hall–Kier alpha value is -1.32. The summed E-state index contributed by atoms with van der Waals surface area (Å²) in [5.41, 5.74) is 1.99. The van der Waals surface area contributed by atoms with Crippen molar-refractivity contribution >= 4 is 11.9 Å². The number of rotatable bonds is 3. The summed E-state index contributed by atoms with van der Waals surface area (Å²) in [7, 11) is 0. The van der Waals surface area contributed by atoms with Crippen LogP contribution in [0.25, 0.3) is 0 Å². The fraction of sp³-hybridized carbons (Fsp3) is 0.833. The van der Waals surface area contributed by atoms with Crippen LogP contribution in [0.4, 0.5) is 0 Å². The van der Waals surface area contributed by atoms with Crippen LogP contribution in [-0.4, -0.2) is 24.6 Å². The molecule has 4 aliphatic carbocycles. The molecule has 3 fully saturated rings. The average Bonchev–Trinajstić information content (AvgIpc) is 2.96. The fourth-order valence-corrected chi connectivity index (χ4v) is 7.57. The van der Waals surface area contributed by atoms with Crippen molar-refractivity contribution in [2.45, 2.75) is 85.2 Å². The zero-order chi connectivity index (χ0) is 20.1. The second kappa shape index (κ2) is 7.18. The van der Waals surface area contributed by atoms with Gasteiger partial charge in [0, 0.05) is 13.8 Å². The third-order valence-electron chi connectivity index (χ3n) is 8.86. The van der Waals surface area contributed by atoms with E-state index in [-0.39, 0.29) is 23.5 Å². The largest absolute Gasteiger partial charge is 0.463 e. The predicted octanol–water partition coefficient (Wildman–Crippen LogP) is 5.06. The summed E-state index contributed by atoms with van der Waals surface area (Å²) in [6.07, 6.45) is 12.1. The van der Waals surface area contributed by atoms with E-state index in [4.69, 9.17) is 9.47 Å². The summed E-state index contributed by atoms with van der Waals surface area (Å²) in [5.74, 6) is 2.62. The zero-order valence-corrected chi connectivity index (χ0v) is 18.0. The summed E-state index contributed by atoms with van der Waals surface area (Å²) in [4.78, 5) is 22.6. The smallest absolute Gasteiger partial charge is 0.302 e. The van der Waals surface area contributed by atoms with Crippen molar-refractivity contribution in [3.05, 3.63) is 11.6 Å². The van der Waals surface area contributed by atoms with E-state index in [2.05, 4.69) is 19.9 Å². The monoisotopic (exact) mass is 388 g/mol. The summed E-state index contributed by atoms with van der Waals surface area (Å²) < 4.78 is 10.9. The molecule has 0 heterocycles. The zero-order valence-electron chi connectivity index (χ0n) is 18.0. The molecule has 0 unspecified atom stereocenters. The summed E-state index contributed by atoms with van der Waals surface area (Å²) >= 11 is 0. The molecule has 0 N–H and O–H groups in total. The van der Waals surface area contributed by atoms with Crippen molar-refractivity contribution < 1.29 is 19.1 Å². The van der Waals surface area contributed by atoms with E-state index in [1.54, 1.807) is 0 Å². The van der Waals surface area contributed by atoms with Crippen LogP contribution in [0.3, 0.4) is 0 Å². The fourth-order valence-electron chi connectivity index (χ4n) is 7.57. The molecule has 0 bridgehead atoms. The van der Waals surface area contributed by atoms with E-state index in [0.717, 1.165) is 31.1 Å². The lowest BCUT2D eigenvalue weighted by atomic mass is 9.45. The maximum Gasteiger partial charge on any atom is 0.302 e. The van der Waals surface area contributed by atoms with Gasteiger partial charge in [0.05, 0.1) is 0 Å². The third-order valence-corrected chi connectivity index (χ3v) is 8.86. The molecule has 0 aliphatic heterocycles. The molecule has 0 spiro atoms. The Morgan fingerprint density at radius 3 is 2.54 bits per heavy atom. The number of allylic oxidation sites excluding steroid dienone is 1. The van der Waals surface area contributed by atoms with Crippen molar-refractivity contribution in [3.63, 3.8) is 0 Å². The lowest BCUT2D eigenvalue weighted by Crippen LogP contribution is -2.53. The molecular weight excluding hydrogens is 352 g/mol. The van der Waals surface area contributed by atoms with E-state index in [0.29, 0.717) is 23.9 Å². The molecule has 0 radical (unpaired) electrons. The molecule has 4 aliphatic rings. The quantitative estimate of drug-likeness (QED) is 0.501. The highest BCUT2D eigenvalue weighted by Gasteiger charge is 2.58. The number of ether oxygens (including phenoxy) is 2. The lowest BCUT2D eigenvalue weighted by Gasteiger charge is -2.60. The summed E-state index contributed by atoms with van der Waals surface area (Å²) in [6, 6.07) is 0. The second-order valence-corrected chi connectivity index (χ2v) is 10.5. The van der Waals surface area contributed by atoms with Crippen LogP contribution < -0.4 is 0 Å². The van der Waals surface area contributed by atoms with Gasteiger partial charge in [0.2, 0.25) is 0 Å². The second-order valence-electron chi connectivity index (χ2n) is 10.5. The van der Waals surface area contributed by atoms with Gasteiger partial charge in [0.15, 0.2) is 0 Å². The number of carbonyl (C=O) groups excluding carboxylic acids is 2. The van der Waals surface area contributed by atoms with Gasteiger partial charge < -0.3 is 9.47 Å². The van der Waals surface area contributed by atoms with Gasteiger partial charge in [-0.1, -0.05) is 19.9 Å². The van der Waals surface area contributed by atoms with Gasteiger partial charge in [-0.2, -0.15) is 0 Å². The molecule has 4 rings (SSSR count). The Balaban J connectivity index is 1.48. The normalized spacial score (nSPS) is 44.6. The highest BCUT2D eigenvalue weighted by atomic mass is 16.5. The van der Waals surface area contributed by atoms with Crippen LogP contribution in [0.5, 0.6) is 0 Å². The topological polar surface area (TPSA) is 52.6 Å². The number of carbonyl (C=O) groups is 2. The molecule has 4 heteroatoms. The molecule has 0 aromatic carbocycles. The average molecular weight is 389 g/mol. The maximum atomic E-state index is 11.4. The standard InChI is InChI=1S/C24H36O4/c1-15(25)27-14-17-11-22-20-6-5-18-12-19(28-16(2)26)7-10-24(18,4)21(20)8-9-23(22,3)13-17/h13,18-22H,5-12,14H2,1-4H3/t18-,19-,20+,21-,22-,23+,24-/m0/s1. The minimum Gasteiger partial charge on any atom is -0.463 e. The molecule has 0 saturated heterocycles. The van der Waals surface area contributed by atoms with Gasteiger partial charge in [0.1, 0.15) is 12.7 Å². The van der Waals surface area contributed by atoms with Crippen molar-refractivity contribution in [3.8, 4) is 0 Å². The Morgan fingerprint density at radius 2 is 1.82 bits per heavy atom. The van der Waals surface area contributed by atoms with E-state index in [1.165, 1.54) is 51.5 Å². The van der Waals surface area contributed by atoms with Crippen molar-refractivity contribution in [1.29, 1.82) is 0 Å². The molecule has 3 saturated carbocycles. The van der Waals surface area contributed by atoms with E-state index in [1.807, 2.05) is 0 Å². The van der Waals surface area contributed by atoms with Crippen molar-refractivity contribution in [2.75, 3.05) is 6.61 Å². The first kappa shape index (κ1) is 20.0. The number of hydrogen-bond acceptors (Lipinski definition) is 4. The SMILES string of the molecule is CC(=O)OCC1=C[C@@]2(C)CC[C@H]3[C@@H](CC[C@H]4C[C@@H](OC(C)=O)CC[C@@]43C)[C@@H]2C1. The summed E-state index contributed by atoms with van der Waals surface area (Å²) in [6.45, 7) is 8.47. The molecule has 0 aromatic rings. The maximum absolute atomic E-state index is 11.4. The van der Waals surface area contributed by atoms with Crippen LogP contribution in [0.15, 0.2) is 11.6 Å². The van der Waals surface area contributed by atoms with Gasteiger partial charge in [-0.3, -0.25) is 9.59 Å². The van der Waals surface area contributed by atoms with Crippen LogP contribution in [0.1, 0.15) is 79.1 Å². The van der Waals surface area contributed by atoms with Crippen LogP contribution in [0.2, 0.25) is 0 Å². The van der Waals surface area contributed by atoms with Gasteiger partial charge in [0.25, 0.3) is 0 Å². The minimum atomic E-state index is -0.184. The molecule has 156 valence electrons. The molecular formula is C24H36O4. The summed E-state index contributed by atoms with van der Waals surface area (Å²) in [5, 5.41) is 0. The number of hydrogen-bond donors (Lipinski definition) is 0. The Labute approximate surface area is 169 Å². The highest BCUT2D eigenvalue weighted by Crippen LogP contribution is 2.65. The van der Waals surface area contributed by atoms with E-state index >= 15 is 0 Å².